The van der Waals surface area contributed by atoms with Crippen LogP contribution in [-0.2, 0) is 17.4 Å². The highest BCUT2D eigenvalue weighted by molar-refractivity contribution is 6.32. The van der Waals surface area contributed by atoms with Crippen LogP contribution in [-0.4, -0.2) is 25.0 Å². The van der Waals surface area contributed by atoms with Crippen molar-refractivity contribution < 1.29 is 27.5 Å². The van der Waals surface area contributed by atoms with Gasteiger partial charge < -0.3 is 15.8 Å². The lowest BCUT2D eigenvalue weighted by molar-refractivity contribution is -0.137. The van der Waals surface area contributed by atoms with E-state index in [1.54, 1.807) is 18.2 Å². The Labute approximate surface area is 158 Å². The van der Waals surface area contributed by atoms with Gasteiger partial charge in [-0.25, -0.2) is 0 Å². The molecule has 5 nitrogen and oxygen atoms in total. The standard InChI is InChI=1S/C18H16ClF3N2O3/c1-27-15-6-5-10(7-13(15)19)8-14(16(23)25)24-17(26)11-3-2-4-12(9-11)18(20,21)22/h2-7,9,14H,8H2,1H3,(H2,23,25)(H,24,26)/t14-/m1/s1. The number of hydrogen-bond donors (Lipinski definition) is 2. The number of benzene rings is 2. The quantitative estimate of drug-likeness (QED) is 0.781. The monoisotopic (exact) mass is 400 g/mol. The first-order valence-corrected chi connectivity index (χ1v) is 8.09. The van der Waals surface area contributed by atoms with Gasteiger partial charge in [-0.3, -0.25) is 9.59 Å². The zero-order valence-corrected chi connectivity index (χ0v) is 14.9. The van der Waals surface area contributed by atoms with Gasteiger partial charge >= 0.3 is 6.18 Å². The Morgan fingerprint density at radius 1 is 1.22 bits per heavy atom. The number of ether oxygens (including phenoxy) is 1. The largest absolute Gasteiger partial charge is 0.495 e. The fraction of sp³-hybridized carbons (Fsp3) is 0.222. The second-order valence-electron chi connectivity index (χ2n) is 5.68. The summed E-state index contributed by atoms with van der Waals surface area (Å²) in [6.45, 7) is 0. The summed E-state index contributed by atoms with van der Waals surface area (Å²) in [6, 6.07) is 7.53. The van der Waals surface area contributed by atoms with Gasteiger partial charge in [0.15, 0.2) is 0 Å². The number of nitrogens with two attached hydrogens (primary N) is 1. The van der Waals surface area contributed by atoms with E-state index >= 15 is 0 Å². The van der Waals surface area contributed by atoms with Gasteiger partial charge in [-0.05, 0) is 35.9 Å². The second-order valence-corrected chi connectivity index (χ2v) is 6.09. The SMILES string of the molecule is COc1ccc(C[C@@H](NC(=O)c2cccc(C(F)(F)F)c2)C(N)=O)cc1Cl. The van der Waals surface area contributed by atoms with Crippen LogP contribution in [0.1, 0.15) is 21.5 Å². The third kappa shape index (κ3) is 5.37. The Bertz CT molecular complexity index is 856. The summed E-state index contributed by atoms with van der Waals surface area (Å²) in [5.41, 5.74) is 4.71. The molecule has 2 amide bonds. The lowest BCUT2D eigenvalue weighted by Gasteiger charge is -2.17. The van der Waals surface area contributed by atoms with Crippen LogP contribution in [0, 0.1) is 0 Å². The van der Waals surface area contributed by atoms with Gasteiger partial charge in [0.1, 0.15) is 11.8 Å². The molecular formula is C18H16ClF3N2O3. The minimum absolute atomic E-state index is 0.0176. The van der Waals surface area contributed by atoms with E-state index in [9.17, 15) is 22.8 Å². The minimum atomic E-state index is -4.58. The van der Waals surface area contributed by atoms with E-state index in [1.807, 2.05) is 0 Å². The molecule has 9 heteroatoms. The van der Waals surface area contributed by atoms with Gasteiger partial charge in [-0.15, -0.1) is 0 Å². The van der Waals surface area contributed by atoms with E-state index in [0.29, 0.717) is 22.4 Å². The van der Waals surface area contributed by atoms with Crippen molar-refractivity contribution in [3.63, 3.8) is 0 Å². The molecule has 0 saturated carbocycles. The predicted molar refractivity (Wildman–Crippen MR) is 93.6 cm³/mol. The molecule has 0 unspecified atom stereocenters. The third-order valence-corrected chi connectivity index (χ3v) is 4.05. The summed E-state index contributed by atoms with van der Waals surface area (Å²) < 4.78 is 43.4. The zero-order valence-electron chi connectivity index (χ0n) is 14.1. The molecule has 0 bridgehead atoms. The number of amides is 2. The van der Waals surface area contributed by atoms with Crippen molar-refractivity contribution in [2.24, 2.45) is 5.73 Å². The smallest absolute Gasteiger partial charge is 0.416 e. The number of carbonyl (C=O) groups is 2. The number of carbonyl (C=O) groups excluding carboxylic acids is 2. The Kier molecular flexibility index (Phi) is 6.32. The van der Waals surface area contributed by atoms with Gasteiger partial charge in [-0.2, -0.15) is 13.2 Å². The van der Waals surface area contributed by atoms with Crippen LogP contribution in [0.25, 0.3) is 0 Å². The molecule has 2 rings (SSSR count). The fourth-order valence-corrected chi connectivity index (χ4v) is 2.65. The van der Waals surface area contributed by atoms with Crippen molar-refractivity contribution in [1.82, 2.24) is 5.32 Å². The van der Waals surface area contributed by atoms with Crippen LogP contribution in [0.5, 0.6) is 5.75 Å². The molecule has 1 atom stereocenters. The number of rotatable bonds is 6. The maximum absolute atomic E-state index is 12.8. The van der Waals surface area contributed by atoms with E-state index in [2.05, 4.69) is 5.32 Å². The third-order valence-electron chi connectivity index (χ3n) is 3.76. The number of primary amides is 1. The molecular weight excluding hydrogens is 385 g/mol. The second kappa shape index (κ2) is 8.30. The van der Waals surface area contributed by atoms with Gasteiger partial charge in [0, 0.05) is 12.0 Å². The van der Waals surface area contributed by atoms with E-state index in [1.165, 1.54) is 13.2 Å². The summed E-state index contributed by atoms with van der Waals surface area (Å²) in [4.78, 5) is 23.9. The van der Waals surface area contributed by atoms with E-state index in [4.69, 9.17) is 22.1 Å². The van der Waals surface area contributed by atoms with E-state index in [-0.39, 0.29) is 12.0 Å². The normalized spacial score (nSPS) is 12.3. The molecule has 0 saturated heterocycles. The van der Waals surface area contributed by atoms with E-state index in [0.717, 1.165) is 12.1 Å². The predicted octanol–water partition coefficient (Wildman–Crippen LogP) is 3.19. The first-order valence-electron chi connectivity index (χ1n) is 7.71. The zero-order chi connectivity index (χ0) is 20.2. The summed E-state index contributed by atoms with van der Waals surface area (Å²) in [6.07, 6.45) is -4.57. The first kappa shape index (κ1) is 20.6. The summed E-state index contributed by atoms with van der Waals surface area (Å²) in [5.74, 6) is -1.24. The number of nitrogens with one attached hydrogen (secondary N) is 1. The Balaban J connectivity index is 2.17. The van der Waals surface area contributed by atoms with Crippen LogP contribution in [0.15, 0.2) is 42.5 Å². The molecule has 0 aliphatic rings. The molecule has 144 valence electrons. The molecule has 0 aliphatic heterocycles. The average Bonchev–Trinajstić information content (AvgIpc) is 2.60. The number of halogens is 4. The summed E-state index contributed by atoms with van der Waals surface area (Å²) >= 11 is 6.02. The molecule has 27 heavy (non-hydrogen) atoms. The molecule has 3 N–H and O–H groups in total. The van der Waals surface area contributed by atoms with Gasteiger partial charge in [0.2, 0.25) is 5.91 Å². The Morgan fingerprint density at radius 3 is 2.48 bits per heavy atom. The average molecular weight is 401 g/mol. The molecule has 0 fully saturated rings. The van der Waals surface area contributed by atoms with Crippen molar-refractivity contribution >= 4 is 23.4 Å². The fourth-order valence-electron chi connectivity index (χ4n) is 2.37. The Morgan fingerprint density at radius 2 is 1.93 bits per heavy atom. The van der Waals surface area contributed by atoms with Crippen molar-refractivity contribution in [3.8, 4) is 5.75 Å². The lowest BCUT2D eigenvalue weighted by atomic mass is 10.0. The Hall–Kier alpha value is -2.74. The number of hydrogen-bond acceptors (Lipinski definition) is 3. The van der Waals surface area contributed by atoms with Crippen LogP contribution < -0.4 is 15.8 Å². The van der Waals surface area contributed by atoms with Crippen molar-refractivity contribution in [2.75, 3.05) is 7.11 Å². The minimum Gasteiger partial charge on any atom is -0.495 e. The lowest BCUT2D eigenvalue weighted by Crippen LogP contribution is -2.45. The number of alkyl halides is 3. The molecule has 0 spiro atoms. The van der Waals surface area contributed by atoms with Gasteiger partial charge in [-0.1, -0.05) is 23.7 Å². The topological polar surface area (TPSA) is 81.4 Å². The highest BCUT2D eigenvalue weighted by Gasteiger charge is 2.31. The maximum atomic E-state index is 12.8. The highest BCUT2D eigenvalue weighted by Crippen LogP contribution is 2.29. The van der Waals surface area contributed by atoms with Crippen molar-refractivity contribution in [1.29, 1.82) is 0 Å². The molecule has 2 aromatic rings. The van der Waals surface area contributed by atoms with Crippen molar-refractivity contribution in [2.45, 2.75) is 18.6 Å². The van der Waals surface area contributed by atoms with Gasteiger partial charge in [0.05, 0.1) is 17.7 Å². The van der Waals surface area contributed by atoms with Crippen LogP contribution in [0.4, 0.5) is 13.2 Å². The number of methoxy groups -OCH3 is 1. The van der Waals surface area contributed by atoms with Crippen LogP contribution >= 0.6 is 11.6 Å². The molecule has 2 aromatic carbocycles. The molecule has 0 heterocycles. The molecule has 0 aromatic heterocycles. The van der Waals surface area contributed by atoms with Crippen molar-refractivity contribution in [3.05, 3.63) is 64.2 Å². The molecule has 0 aliphatic carbocycles. The maximum Gasteiger partial charge on any atom is 0.416 e. The highest BCUT2D eigenvalue weighted by atomic mass is 35.5. The first-order chi connectivity index (χ1) is 12.6. The van der Waals surface area contributed by atoms with Gasteiger partial charge in [0.25, 0.3) is 5.91 Å². The summed E-state index contributed by atoms with van der Waals surface area (Å²) in [7, 11) is 1.45. The molecule has 0 radical (unpaired) electrons. The van der Waals surface area contributed by atoms with Crippen LogP contribution in [0.2, 0.25) is 5.02 Å². The van der Waals surface area contributed by atoms with Crippen LogP contribution in [0.3, 0.4) is 0 Å². The van der Waals surface area contributed by atoms with E-state index < -0.39 is 29.6 Å². The summed E-state index contributed by atoms with van der Waals surface area (Å²) in [5, 5.41) is 2.66.